The van der Waals surface area contributed by atoms with E-state index in [1.54, 1.807) is 18.4 Å². The van der Waals surface area contributed by atoms with E-state index in [0.717, 1.165) is 33.6 Å². The van der Waals surface area contributed by atoms with Gasteiger partial charge in [-0.15, -0.1) is 0 Å². The van der Waals surface area contributed by atoms with Gasteiger partial charge < -0.3 is 14.2 Å². The first kappa shape index (κ1) is 14.5. The zero-order chi connectivity index (χ0) is 17.5. The fourth-order valence-corrected chi connectivity index (χ4v) is 5.28. The summed E-state index contributed by atoms with van der Waals surface area (Å²) < 4.78 is 47.6. The monoisotopic (exact) mass is 366 g/mol. The lowest BCUT2D eigenvalue weighted by atomic mass is 9.37. The summed E-state index contributed by atoms with van der Waals surface area (Å²) in [6.07, 6.45) is 8.66. The molecule has 1 unspecified atom stereocenters. The maximum Gasteiger partial charge on any atom is 0.298 e. The largest absolute Gasteiger partial charge is 0.476 e. The molecule has 0 amide bonds. The summed E-state index contributed by atoms with van der Waals surface area (Å²) in [4.78, 5) is 0. The normalized spacial score (nSPS) is 26.1. The summed E-state index contributed by atoms with van der Waals surface area (Å²) in [7, 11) is -3.88. The van der Waals surface area contributed by atoms with Crippen LogP contribution in [0, 0.1) is 0 Å². The molecule has 5 aliphatic rings. The Morgan fingerprint density at radius 1 is 1.12 bits per heavy atom. The van der Waals surface area contributed by atoms with Crippen molar-refractivity contribution in [1.29, 1.82) is 0 Å². The molecular weight excluding hydrogens is 355 g/mol. The molecule has 0 aliphatic carbocycles. The van der Waals surface area contributed by atoms with Gasteiger partial charge in [-0.05, 0) is 35.3 Å². The summed E-state index contributed by atoms with van der Waals surface area (Å²) in [6.45, 7) is -0.519. The van der Waals surface area contributed by atoms with E-state index in [4.69, 9.17) is 18.4 Å². The average Bonchev–Trinajstić information content (AvgIpc) is 2.61. The van der Waals surface area contributed by atoms with E-state index < -0.39 is 22.2 Å². The minimum atomic E-state index is -3.88. The SMILES string of the molecule is O=S1(=O)OCC2=CC=C3Oc4cccc(c43)C3=C4OC=CC=C4OC1B23. The molecule has 6 rings (SSSR count). The summed E-state index contributed by atoms with van der Waals surface area (Å²) in [6, 6.07) is 5.75. The van der Waals surface area contributed by atoms with Crippen LogP contribution in [0.3, 0.4) is 0 Å². The van der Waals surface area contributed by atoms with E-state index in [9.17, 15) is 8.42 Å². The maximum absolute atomic E-state index is 12.6. The Labute approximate surface area is 149 Å². The van der Waals surface area contributed by atoms with Gasteiger partial charge in [0.15, 0.2) is 11.5 Å². The molecule has 1 aromatic rings. The molecule has 6 nitrogen and oxygen atoms in total. The van der Waals surface area contributed by atoms with Crippen LogP contribution in [-0.2, 0) is 23.8 Å². The van der Waals surface area contributed by atoms with Crippen LogP contribution in [0.5, 0.6) is 5.75 Å². The van der Waals surface area contributed by atoms with Crippen LogP contribution >= 0.6 is 0 Å². The number of rotatable bonds is 0. The molecule has 0 saturated carbocycles. The number of hydrogen-bond donors (Lipinski definition) is 0. The summed E-state index contributed by atoms with van der Waals surface area (Å²) in [5.74, 6) is 2.45. The highest BCUT2D eigenvalue weighted by atomic mass is 32.2. The highest BCUT2D eigenvalue weighted by Gasteiger charge is 2.54. The third-order valence-corrected chi connectivity index (χ3v) is 6.50. The number of ether oxygens (including phenoxy) is 3. The van der Waals surface area contributed by atoms with Crippen LogP contribution < -0.4 is 4.74 Å². The summed E-state index contributed by atoms with van der Waals surface area (Å²) in [5.41, 5.74) is 3.47. The molecule has 8 heteroatoms. The van der Waals surface area contributed by atoms with Crippen molar-refractivity contribution in [3.63, 3.8) is 0 Å². The molecule has 1 saturated heterocycles. The van der Waals surface area contributed by atoms with Gasteiger partial charge in [0.25, 0.3) is 16.8 Å². The highest BCUT2D eigenvalue weighted by Crippen LogP contribution is 2.50. The van der Waals surface area contributed by atoms with Crippen LogP contribution in [0.2, 0.25) is 0 Å². The molecule has 0 aromatic heterocycles. The van der Waals surface area contributed by atoms with Crippen molar-refractivity contribution >= 4 is 28.1 Å². The molecule has 0 radical (unpaired) electrons. The standard InChI is InChI=1S/C18H11BO6S/c20-26(21)18-19-10(9-23-26)6-7-13-15-11(3-1-4-12(15)24-13)16(19)17-14(25-18)5-2-8-22-17/h1-8,18H,9H2. The van der Waals surface area contributed by atoms with Crippen molar-refractivity contribution in [2.45, 2.75) is 5.34 Å². The van der Waals surface area contributed by atoms with Crippen LogP contribution in [0.25, 0.3) is 11.2 Å². The second-order valence-electron chi connectivity index (χ2n) is 6.49. The predicted octanol–water partition coefficient (Wildman–Crippen LogP) is 2.33. The Hall–Kier alpha value is -2.71. The van der Waals surface area contributed by atoms with Crippen molar-refractivity contribution in [1.82, 2.24) is 0 Å². The molecule has 26 heavy (non-hydrogen) atoms. The zero-order valence-corrected chi connectivity index (χ0v) is 14.2. The zero-order valence-electron chi connectivity index (χ0n) is 13.3. The lowest BCUT2D eigenvalue weighted by Crippen LogP contribution is -2.51. The number of fused-ring (bicyclic) bond motifs is 2. The second kappa shape index (κ2) is 4.72. The fourth-order valence-electron chi connectivity index (χ4n) is 3.98. The van der Waals surface area contributed by atoms with E-state index in [0.29, 0.717) is 11.5 Å². The van der Waals surface area contributed by atoms with E-state index in [1.807, 2.05) is 30.4 Å². The number of allylic oxidation sites excluding steroid dienone is 4. The first-order valence-electron chi connectivity index (χ1n) is 8.19. The van der Waals surface area contributed by atoms with E-state index in [1.165, 1.54) is 0 Å². The molecule has 0 bridgehead atoms. The quantitative estimate of drug-likeness (QED) is 0.519. The van der Waals surface area contributed by atoms with Gasteiger partial charge in [-0.25, -0.2) is 0 Å². The van der Waals surface area contributed by atoms with Crippen LogP contribution in [0.15, 0.2) is 65.8 Å². The van der Waals surface area contributed by atoms with Crippen LogP contribution in [0.1, 0.15) is 11.1 Å². The third-order valence-electron chi connectivity index (χ3n) is 5.11. The Morgan fingerprint density at radius 2 is 2.04 bits per heavy atom. The molecule has 5 aliphatic heterocycles. The molecule has 128 valence electrons. The van der Waals surface area contributed by atoms with E-state index >= 15 is 0 Å². The van der Waals surface area contributed by atoms with Gasteiger partial charge in [-0.2, -0.15) is 8.42 Å². The van der Waals surface area contributed by atoms with Gasteiger partial charge in [0, 0.05) is 0 Å². The fraction of sp³-hybridized carbons (Fsp3) is 0.111. The van der Waals surface area contributed by atoms with E-state index in [-0.39, 0.29) is 6.61 Å². The smallest absolute Gasteiger partial charge is 0.298 e. The molecule has 1 atom stereocenters. The van der Waals surface area contributed by atoms with Gasteiger partial charge in [-0.3, -0.25) is 4.18 Å². The molecule has 5 heterocycles. The topological polar surface area (TPSA) is 71.1 Å². The number of benzene rings is 1. The molecular formula is C18H11BO6S. The minimum absolute atomic E-state index is 0.0165. The third kappa shape index (κ3) is 1.73. The summed E-state index contributed by atoms with van der Waals surface area (Å²) in [5, 5.41) is -1.14. The van der Waals surface area contributed by atoms with Gasteiger partial charge in [0.05, 0.1) is 18.4 Å². The van der Waals surface area contributed by atoms with Crippen LogP contribution in [0.4, 0.5) is 0 Å². The van der Waals surface area contributed by atoms with Crippen molar-refractivity contribution in [3.8, 4) is 5.75 Å². The maximum atomic E-state index is 12.6. The molecule has 0 N–H and O–H groups in total. The Bertz CT molecular complexity index is 1140. The first-order valence-corrected chi connectivity index (χ1v) is 9.66. The van der Waals surface area contributed by atoms with Crippen LogP contribution in [-0.4, -0.2) is 27.1 Å². The van der Waals surface area contributed by atoms with Gasteiger partial charge >= 0.3 is 0 Å². The minimum Gasteiger partial charge on any atom is -0.476 e. The molecule has 1 aromatic carbocycles. The summed E-state index contributed by atoms with van der Waals surface area (Å²) >= 11 is 0. The van der Waals surface area contributed by atoms with Crippen molar-refractivity contribution < 1.29 is 26.8 Å². The van der Waals surface area contributed by atoms with Crippen molar-refractivity contribution in [2.24, 2.45) is 0 Å². The van der Waals surface area contributed by atoms with Crippen molar-refractivity contribution in [3.05, 3.63) is 76.9 Å². The lowest BCUT2D eigenvalue weighted by Gasteiger charge is -2.40. The van der Waals surface area contributed by atoms with Gasteiger partial charge in [-0.1, -0.05) is 23.7 Å². The molecule has 1 fully saturated rings. The Kier molecular flexibility index (Phi) is 2.62. The predicted molar refractivity (Wildman–Crippen MR) is 93.9 cm³/mol. The number of hydrogen-bond acceptors (Lipinski definition) is 6. The second-order valence-corrected chi connectivity index (χ2v) is 8.18. The highest BCUT2D eigenvalue weighted by molar-refractivity contribution is 7.89. The average molecular weight is 366 g/mol. The molecule has 0 spiro atoms. The van der Waals surface area contributed by atoms with Crippen molar-refractivity contribution in [2.75, 3.05) is 6.61 Å². The Balaban J connectivity index is 1.73. The lowest BCUT2D eigenvalue weighted by molar-refractivity contribution is 0.175. The van der Waals surface area contributed by atoms with E-state index in [2.05, 4.69) is 0 Å². The van der Waals surface area contributed by atoms with Gasteiger partial charge in [0.1, 0.15) is 11.5 Å². The Morgan fingerprint density at radius 3 is 2.96 bits per heavy atom. The first-order chi connectivity index (χ1) is 12.6. The van der Waals surface area contributed by atoms with Gasteiger partial charge in [0.2, 0.25) is 5.34 Å².